The molecule has 17 heavy (non-hydrogen) atoms. The summed E-state index contributed by atoms with van der Waals surface area (Å²) in [5, 5.41) is 20.4. The molecule has 0 fully saturated rings. The lowest BCUT2D eigenvalue weighted by Crippen LogP contribution is -2.44. The summed E-state index contributed by atoms with van der Waals surface area (Å²) in [5.41, 5.74) is 1.53. The van der Waals surface area contributed by atoms with E-state index < -0.39 is 13.1 Å². The molecule has 4 nitrogen and oxygen atoms in total. The van der Waals surface area contributed by atoms with Crippen LogP contribution in [0.2, 0.25) is 0 Å². The molecule has 0 aromatic heterocycles. The molecule has 0 radical (unpaired) electrons. The Balaban J connectivity index is 2.89. The Morgan fingerprint density at radius 3 is 2.35 bits per heavy atom. The van der Waals surface area contributed by atoms with E-state index >= 15 is 0 Å². The van der Waals surface area contributed by atoms with Crippen LogP contribution in [0.4, 0.5) is 0 Å². The summed E-state index contributed by atoms with van der Waals surface area (Å²) >= 11 is 0. The van der Waals surface area contributed by atoms with Gasteiger partial charge in [-0.25, -0.2) is 0 Å². The maximum atomic E-state index is 12.0. The van der Waals surface area contributed by atoms with Crippen LogP contribution in [-0.2, 0) is 0 Å². The summed E-state index contributed by atoms with van der Waals surface area (Å²) < 4.78 is 0. The summed E-state index contributed by atoms with van der Waals surface area (Å²) in [4.78, 5) is 12.0. The molecule has 0 saturated carbocycles. The number of hydrogen-bond acceptors (Lipinski definition) is 3. The van der Waals surface area contributed by atoms with E-state index in [9.17, 15) is 4.79 Å². The van der Waals surface area contributed by atoms with Crippen molar-refractivity contribution in [3.8, 4) is 0 Å². The molecule has 1 amide bonds. The van der Waals surface area contributed by atoms with Gasteiger partial charge in [0, 0.05) is 5.56 Å². The Bertz CT molecular complexity index is 393. The Kier molecular flexibility index (Phi) is 4.72. The summed E-state index contributed by atoms with van der Waals surface area (Å²) in [5.74, 6) is -0.732. The second-order valence-electron chi connectivity index (χ2n) is 4.42. The van der Waals surface area contributed by atoms with Crippen molar-refractivity contribution in [3.05, 3.63) is 35.4 Å². The van der Waals surface area contributed by atoms with Crippen molar-refractivity contribution >= 4 is 13.0 Å². The first-order valence-corrected chi connectivity index (χ1v) is 5.69. The van der Waals surface area contributed by atoms with Gasteiger partial charge in [-0.05, 0) is 24.5 Å². The molecule has 1 rings (SSSR count). The largest absolute Gasteiger partial charge is 0.475 e. The molecular formula is C12H18BNO3. The molecule has 0 aliphatic carbocycles. The molecule has 0 heterocycles. The van der Waals surface area contributed by atoms with E-state index in [1.807, 2.05) is 26.0 Å². The second kappa shape index (κ2) is 5.84. The van der Waals surface area contributed by atoms with Crippen molar-refractivity contribution in [2.24, 2.45) is 0 Å². The van der Waals surface area contributed by atoms with Crippen LogP contribution in [0.3, 0.4) is 0 Å². The highest BCUT2D eigenvalue weighted by atomic mass is 16.4. The standard InChI is InChI=1S/C12H18BNO3/c1-8(2)10-6-4-5-7-11(10)12(15)14-9(3)13(16)17/h4-9,16-17H,1-3H3,(H,14,15)/t9-/m1/s1. The van der Waals surface area contributed by atoms with Gasteiger partial charge in [-0.1, -0.05) is 32.0 Å². The molecule has 0 aliphatic rings. The van der Waals surface area contributed by atoms with Crippen LogP contribution >= 0.6 is 0 Å². The van der Waals surface area contributed by atoms with Gasteiger partial charge in [-0.2, -0.15) is 0 Å². The Morgan fingerprint density at radius 1 is 1.24 bits per heavy atom. The lowest BCUT2D eigenvalue weighted by Gasteiger charge is -2.16. The summed E-state index contributed by atoms with van der Waals surface area (Å²) in [6, 6.07) is 7.32. The van der Waals surface area contributed by atoms with Crippen LogP contribution in [0.25, 0.3) is 0 Å². The lowest BCUT2D eigenvalue weighted by molar-refractivity contribution is 0.0943. The number of benzene rings is 1. The van der Waals surface area contributed by atoms with Crippen LogP contribution in [0, 0.1) is 0 Å². The zero-order valence-corrected chi connectivity index (χ0v) is 10.3. The Morgan fingerprint density at radius 2 is 1.82 bits per heavy atom. The van der Waals surface area contributed by atoms with Crippen molar-refractivity contribution in [2.45, 2.75) is 32.6 Å². The van der Waals surface area contributed by atoms with Crippen molar-refractivity contribution in [3.63, 3.8) is 0 Å². The summed E-state index contributed by atoms with van der Waals surface area (Å²) in [6.07, 6.45) is 0. The SMILES string of the molecule is CC(C)c1ccccc1C(=O)N[C@H](C)B(O)O. The zero-order valence-electron chi connectivity index (χ0n) is 10.3. The molecule has 0 unspecified atom stereocenters. The van der Waals surface area contributed by atoms with E-state index in [0.29, 0.717) is 5.56 Å². The minimum absolute atomic E-state index is 0.242. The van der Waals surface area contributed by atoms with Gasteiger partial charge in [0.2, 0.25) is 0 Å². The number of nitrogens with one attached hydrogen (secondary N) is 1. The van der Waals surface area contributed by atoms with Crippen LogP contribution < -0.4 is 5.32 Å². The normalized spacial score (nSPS) is 12.4. The predicted molar refractivity (Wildman–Crippen MR) is 67.7 cm³/mol. The molecule has 0 aliphatic heterocycles. The fourth-order valence-electron chi connectivity index (χ4n) is 1.57. The van der Waals surface area contributed by atoms with Gasteiger partial charge in [-0.3, -0.25) is 4.79 Å². The minimum Gasteiger partial charge on any atom is -0.426 e. The number of amides is 1. The molecule has 1 aromatic carbocycles. The predicted octanol–water partition coefficient (Wildman–Crippen LogP) is 0.940. The minimum atomic E-state index is -1.55. The molecule has 1 atom stereocenters. The number of rotatable bonds is 4. The third-order valence-electron chi connectivity index (χ3n) is 2.63. The molecular weight excluding hydrogens is 217 g/mol. The van der Waals surface area contributed by atoms with E-state index in [0.717, 1.165) is 5.56 Å². The number of hydrogen-bond donors (Lipinski definition) is 3. The first kappa shape index (κ1) is 13.7. The fraction of sp³-hybridized carbons (Fsp3) is 0.417. The highest BCUT2D eigenvalue weighted by Gasteiger charge is 2.22. The van der Waals surface area contributed by atoms with E-state index in [-0.39, 0.29) is 11.8 Å². The molecule has 5 heteroatoms. The van der Waals surface area contributed by atoms with Crippen LogP contribution in [0.1, 0.15) is 42.6 Å². The number of carbonyl (C=O) groups excluding carboxylic acids is 1. The van der Waals surface area contributed by atoms with Crippen molar-refractivity contribution < 1.29 is 14.8 Å². The van der Waals surface area contributed by atoms with Gasteiger partial charge in [0.15, 0.2) is 0 Å². The lowest BCUT2D eigenvalue weighted by atomic mass is 9.81. The fourth-order valence-corrected chi connectivity index (χ4v) is 1.57. The van der Waals surface area contributed by atoms with Crippen molar-refractivity contribution in [2.75, 3.05) is 0 Å². The van der Waals surface area contributed by atoms with Gasteiger partial charge in [0.1, 0.15) is 0 Å². The summed E-state index contributed by atoms with van der Waals surface area (Å²) in [7, 11) is -1.55. The molecule has 0 saturated heterocycles. The van der Waals surface area contributed by atoms with Gasteiger partial charge in [-0.15, -0.1) is 0 Å². The van der Waals surface area contributed by atoms with E-state index in [4.69, 9.17) is 10.0 Å². The zero-order chi connectivity index (χ0) is 13.0. The van der Waals surface area contributed by atoms with Gasteiger partial charge < -0.3 is 15.4 Å². The highest BCUT2D eigenvalue weighted by molar-refractivity contribution is 6.43. The maximum Gasteiger partial charge on any atom is 0.475 e. The average molecular weight is 235 g/mol. The quantitative estimate of drug-likeness (QED) is 0.680. The Labute approximate surface area is 102 Å². The third kappa shape index (κ3) is 3.58. The first-order chi connectivity index (χ1) is 7.93. The van der Waals surface area contributed by atoms with Crippen molar-refractivity contribution in [1.82, 2.24) is 5.32 Å². The third-order valence-corrected chi connectivity index (χ3v) is 2.63. The van der Waals surface area contributed by atoms with Crippen LogP contribution in [0.5, 0.6) is 0 Å². The summed E-state index contributed by atoms with van der Waals surface area (Å²) in [6.45, 7) is 5.56. The van der Waals surface area contributed by atoms with Crippen molar-refractivity contribution in [1.29, 1.82) is 0 Å². The molecule has 0 bridgehead atoms. The van der Waals surface area contributed by atoms with Gasteiger partial charge in [0.25, 0.3) is 5.91 Å². The number of carbonyl (C=O) groups is 1. The van der Waals surface area contributed by atoms with Gasteiger partial charge >= 0.3 is 7.12 Å². The molecule has 1 aromatic rings. The van der Waals surface area contributed by atoms with Gasteiger partial charge in [0.05, 0.1) is 5.94 Å². The van der Waals surface area contributed by atoms with E-state index in [2.05, 4.69) is 5.32 Å². The van der Waals surface area contributed by atoms with Crippen LogP contribution in [0.15, 0.2) is 24.3 Å². The van der Waals surface area contributed by atoms with E-state index in [1.54, 1.807) is 19.1 Å². The highest BCUT2D eigenvalue weighted by Crippen LogP contribution is 2.19. The maximum absolute atomic E-state index is 12.0. The van der Waals surface area contributed by atoms with Crippen LogP contribution in [-0.4, -0.2) is 29.0 Å². The monoisotopic (exact) mass is 235 g/mol. The topological polar surface area (TPSA) is 69.6 Å². The Hall–Kier alpha value is -1.33. The van der Waals surface area contributed by atoms with E-state index in [1.165, 1.54) is 0 Å². The smallest absolute Gasteiger partial charge is 0.426 e. The molecule has 3 N–H and O–H groups in total. The first-order valence-electron chi connectivity index (χ1n) is 5.69. The average Bonchev–Trinajstić information content (AvgIpc) is 2.28. The second-order valence-corrected chi connectivity index (χ2v) is 4.42. The molecule has 92 valence electrons. The molecule has 0 spiro atoms.